The molecule has 16 heavy (non-hydrogen) atoms. The fourth-order valence-corrected chi connectivity index (χ4v) is 1.35. The second-order valence-electron chi connectivity index (χ2n) is 4.83. The van der Waals surface area contributed by atoms with E-state index in [1.54, 1.807) is 6.07 Å². The topological polar surface area (TPSA) is 12.0 Å². The smallest absolute Gasteiger partial charge is 0.163 e. The van der Waals surface area contributed by atoms with Gasteiger partial charge >= 0.3 is 0 Å². The van der Waals surface area contributed by atoms with Gasteiger partial charge in [0.1, 0.15) is 0 Å². The molecule has 0 saturated heterocycles. The van der Waals surface area contributed by atoms with Crippen LogP contribution in [0.4, 0.5) is 8.78 Å². The van der Waals surface area contributed by atoms with E-state index >= 15 is 0 Å². The standard InChI is InChI=1S/C13H19F2N/c1-4-13(2,3)9-16-8-10-6-5-7-11(14)12(10)15/h5-7,16H,4,8-9H2,1-3H3. The fourth-order valence-electron chi connectivity index (χ4n) is 1.35. The summed E-state index contributed by atoms with van der Waals surface area (Å²) in [5, 5.41) is 3.15. The second-order valence-corrected chi connectivity index (χ2v) is 4.83. The molecule has 0 heterocycles. The van der Waals surface area contributed by atoms with Gasteiger partial charge in [0, 0.05) is 18.7 Å². The van der Waals surface area contributed by atoms with E-state index in [0.717, 1.165) is 19.0 Å². The fraction of sp³-hybridized carbons (Fsp3) is 0.538. The monoisotopic (exact) mass is 227 g/mol. The molecule has 0 radical (unpaired) electrons. The summed E-state index contributed by atoms with van der Waals surface area (Å²) in [7, 11) is 0. The summed E-state index contributed by atoms with van der Waals surface area (Å²) in [4.78, 5) is 0. The van der Waals surface area contributed by atoms with Gasteiger partial charge in [-0.3, -0.25) is 0 Å². The maximum Gasteiger partial charge on any atom is 0.163 e. The Hall–Kier alpha value is -0.960. The van der Waals surface area contributed by atoms with Gasteiger partial charge in [0.05, 0.1) is 0 Å². The highest BCUT2D eigenvalue weighted by Gasteiger charge is 2.14. The van der Waals surface area contributed by atoms with Crippen LogP contribution in [0.2, 0.25) is 0 Å². The first-order chi connectivity index (χ1) is 7.46. The summed E-state index contributed by atoms with van der Waals surface area (Å²) >= 11 is 0. The Morgan fingerprint density at radius 1 is 1.25 bits per heavy atom. The van der Waals surface area contributed by atoms with Crippen molar-refractivity contribution in [2.24, 2.45) is 5.41 Å². The molecular weight excluding hydrogens is 208 g/mol. The number of hydrogen-bond acceptors (Lipinski definition) is 1. The van der Waals surface area contributed by atoms with Crippen LogP contribution in [0.5, 0.6) is 0 Å². The Labute approximate surface area is 95.9 Å². The SMILES string of the molecule is CCC(C)(C)CNCc1cccc(F)c1F. The number of hydrogen-bond donors (Lipinski definition) is 1. The molecule has 0 aliphatic carbocycles. The number of nitrogens with one attached hydrogen (secondary N) is 1. The van der Waals surface area contributed by atoms with Crippen molar-refractivity contribution in [3.8, 4) is 0 Å². The van der Waals surface area contributed by atoms with Crippen molar-refractivity contribution in [3.63, 3.8) is 0 Å². The van der Waals surface area contributed by atoms with Crippen molar-refractivity contribution in [1.29, 1.82) is 0 Å². The molecule has 1 aromatic rings. The van der Waals surface area contributed by atoms with E-state index in [1.165, 1.54) is 6.07 Å². The molecule has 0 aliphatic rings. The molecule has 0 bridgehead atoms. The lowest BCUT2D eigenvalue weighted by molar-refractivity contribution is 0.326. The predicted molar refractivity (Wildman–Crippen MR) is 62.1 cm³/mol. The average molecular weight is 227 g/mol. The summed E-state index contributed by atoms with van der Waals surface area (Å²) in [5.41, 5.74) is 0.566. The molecule has 0 amide bonds. The molecule has 0 unspecified atom stereocenters. The maximum atomic E-state index is 13.3. The molecule has 3 heteroatoms. The molecule has 1 aromatic carbocycles. The Kier molecular flexibility index (Phi) is 4.42. The third-order valence-electron chi connectivity index (χ3n) is 2.91. The van der Waals surface area contributed by atoms with Gasteiger partial charge in [-0.2, -0.15) is 0 Å². The summed E-state index contributed by atoms with van der Waals surface area (Å²) in [5.74, 6) is -1.53. The van der Waals surface area contributed by atoms with Crippen molar-refractivity contribution in [2.75, 3.05) is 6.54 Å². The normalized spacial score (nSPS) is 11.8. The Morgan fingerprint density at radius 2 is 1.94 bits per heavy atom. The molecular formula is C13H19F2N. The molecule has 0 aliphatic heterocycles. The average Bonchev–Trinajstić information content (AvgIpc) is 2.24. The van der Waals surface area contributed by atoms with Crippen molar-refractivity contribution in [3.05, 3.63) is 35.4 Å². The van der Waals surface area contributed by atoms with Gasteiger partial charge in [-0.05, 0) is 17.9 Å². The van der Waals surface area contributed by atoms with Crippen LogP contribution >= 0.6 is 0 Å². The largest absolute Gasteiger partial charge is 0.312 e. The van der Waals surface area contributed by atoms with Crippen molar-refractivity contribution >= 4 is 0 Å². The third kappa shape index (κ3) is 3.56. The zero-order valence-corrected chi connectivity index (χ0v) is 10.1. The summed E-state index contributed by atoms with van der Waals surface area (Å²) < 4.78 is 26.2. The van der Waals surface area contributed by atoms with Gasteiger partial charge in [0.15, 0.2) is 11.6 Å². The number of halogens is 2. The Bertz CT molecular complexity index is 348. The van der Waals surface area contributed by atoms with Gasteiger partial charge in [-0.1, -0.05) is 32.9 Å². The summed E-state index contributed by atoms with van der Waals surface area (Å²) in [6.45, 7) is 7.56. The van der Waals surface area contributed by atoms with Crippen LogP contribution in [0.15, 0.2) is 18.2 Å². The van der Waals surface area contributed by atoms with Crippen LogP contribution in [0.1, 0.15) is 32.8 Å². The van der Waals surface area contributed by atoms with E-state index in [9.17, 15) is 8.78 Å². The lowest BCUT2D eigenvalue weighted by Gasteiger charge is -2.23. The quantitative estimate of drug-likeness (QED) is 0.812. The number of rotatable bonds is 5. The summed E-state index contributed by atoms with van der Waals surface area (Å²) in [6, 6.07) is 4.26. The van der Waals surface area contributed by atoms with E-state index in [-0.39, 0.29) is 5.41 Å². The Balaban J connectivity index is 2.53. The van der Waals surface area contributed by atoms with Crippen molar-refractivity contribution < 1.29 is 8.78 Å². The van der Waals surface area contributed by atoms with Gasteiger partial charge in [-0.15, -0.1) is 0 Å². The van der Waals surface area contributed by atoms with Crippen LogP contribution in [0, 0.1) is 17.0 Å². The van der Waals surface area contributed by atoms with Crippen molar-refractivity contribution in [2.45, 2.75) is 33.7 Å². The molecule has 1 rings (SSSR count). The van der Waals surface area contributed by atoms with Crippen LogP contribution < -0.4 is 5.32 Å². The zero-order valence-electron chi connectivity index (χ0n) is 10.1. The second kappa shape index (κ2) is 5.39. The lowest BCUT2D eigenvalue weighted by atomic mass is 9.90. The molecule has 0 fully saturated rings. The first-order valence-electron chi connectivity index (χ1n) is 5.60. The van der Waals surface area contributed by atoms with Gasteiger partial charge in [0.2, 0.25) is 0 Å². The first-order valence-corrected chi connectivity index (χ1v) is 5.60. The molecule has 1 N–H and O–H groups in total. The Morgan fingerprint density at radius 3 is 2.56 bits per heavy atom. The lowest BCUT2D eigenvalue weighted by Crippen LogP contribution is -2.28. The summed E-state index contributed by atoms with van der Waals surface area (Å²) in [6.07, 6.45) is 1.05. The van der Waals surface area contributed by atoms with Gasteiger partial charge in [0.25, 0.3) is 0 Å². The minimum absolute atomic E-state index is 0.184. The van der Waals surface area contributed by atoms with Gasteiger partial charge < -0.3 is 5.32 Å². The van der Waals surface area contributed by atoms with Crippen LogP contribution in [0.25, 0.3) is 0 Å². The highest BCUT2D eigenvalue weighted by Crippen LogP contribution is 2.18. The van der Waals surface area contributed by atoms with E-state index in [4.69, 9.17) is 0 Å². The minimum Gasteiger partial charge on any atom is -0.312 e. The van der Waals surface area contributed by atoms with E-state index in [1.807, 2.05) is 0 Å². The zero-order chi connectivity index (χ0) is 12.2. The number of benzene rings is 1. The molecule has 1 nitrogen and oxygen atoms in total. The molecule has 0 atom stereocenters. The maximum absolute atomic E-state index is 13.3. The molecule has 0 aromatic heterocycles. The highest BCUT2D eigenvalue weighted by atomic mass is 19.2. The predicted octanol–water partition coefficient (Wildman–Crippen LogP) is 3.49. The van der Waals surface area contributed by atoms with Gasteiger partial charge in [-0.25, -0.2) is 8.78 Å². The minimum atomic E-state index is -0.783. The van der Waals surface area contributed by atoms with Crippen LogP contribution in [0.3, 0.4) is 0 Å². The molecule has 90 valence electrons. The molecule has 0 saturated carbocycles. The van der Waals surface area contributed by atoms with E-state index in [0.29, 0.717) is 12.1 Å². The molecule has 0 spiro atoms. The van der Waals surface area contributed by atoms with Crippen LogP contribution in [-0.2, 0) is 6.54 Å². The van der Waals surface area contributed by atoms with E-state index in [2.05, 4.69) is 26.1 Å². The first kappa shape index (κ1) is 13.1. The van der Waals surface area contributed by atoms with Crippen LogP contribution in [-0.4, -0.2) is 6.54 Å². The highest BCUT2D eigenvalue weighted by molar-refractivity contribution is 5.18. The third-order valence-corrected chi connectivity index (χ3v) is 2.91. The van der Waals surface area contributed by atoms with E-state index < -0.39 is 11.6 Å². The van der Waals surface area contributed by atoms with Crippen molar-refractivity contribution in [1.82, 2.24) is 5.32 Å².